The Morgan fingerprint density at radius 3 is 2.67 bits per heavy atom. The molecule has 0 amide bonds. The predicted molar refractivity (Wildman–Crippen MR) is 71.9 cm³/mol. The average Bonchev–Trinajstić information content (AvgIpc) is 2.38. The molecule has 1 aliphatic heterocycles. The number of halogens is 3. The molecule has 1 aromatic carbocycles. The summed E-state index contributed by atoms with van der Waals surface area (Å²) in [6.45, 7) is 3.27. The van der Waals surface area contributed by atoms with E-state index in [1.807, 2.05) is 0 Å². The highest BCUT2D eigenvalue weighted by Crippen LogP contribution is 2.31. The van der Waals surface area contributed by atoms with E-state index in [0.29, 0.717) is 6.42 Å². The van der Waals surface area contributed by atoms with E-state index in [2.05, 4.69) is 26.1 Å². The van der Waals surface area contributed by atoms with Gasteiger partial charge in [-0.25, -0.2) is 4.39 Å². The SMILES string of the molecule is FCC[C@@H](c1ccc(F)cc1Br)N1CCNCC1. The van der Waals surface area contributed by atoms with Gasteiger partial charge in [-0.2, -0.15) is 0 Å². The highest BCUT2D eigenvalue weighted by Gasteiger charge is 2.23. The molecule has 1 atom stereocenters. The minimum atomic E-state index is -0.363. The van der Waals surface area contributed by atoms with Crippen molar-refractivity contribution in [1.82, 2.24) is 10.2 Å². The highest BCUT2D eigenvalue weighted by molar-refractivity contribution is 9.10. The number of nitrogens with zero attached hydrogens (tertiary/aromatic N) is 1. The van der Waals surface area contributed by atoms with Crippen LogP contribution in [-0.2, 0) is 0 Å². The van der Waals surface area contributed by atoms with Crippen LogP contribution in [0.25, 0.3) is 0 Å². The summed E-state index contributed by atoms with van der Waals surface area (Å²) in [5, 5.41) is 3.28. The van der Waals surface area contributed by atoms with Gasteiger partial charge in [-0.3, -0.25) is 9.29 Å². The second kappa shape index (κ2) is 6.59. The summed E-state index contributed by atoms with van der Waals surface area (Å²) in [5.41, 5.74) is 0.968. The molecule has 0 aliphatic carbocycles. The predicted octanol–water partition coefficient (Wildman–Crippen LogP) is 2.89. The molecule has 2 nitrogen and oxygen atoms in total. The van der Waals surface area contributed by atoms with Crippen molar-refractivity contribution in [3.8, 4) is 0 Å². The lowest BCUT2D eigenvalue weighted by Gasteiger charge is -2.35. The van der Waals surface area contributed by atoms with Crippen LogP contribution in [0, 0.1) is 5.82 Å². The third-order valence-corrected chi connectivity index (χ3v) is 3.98. The van der Waals surface area contributed by atoms with Gasteiger partial charge in [0.15, 0.2) is 0 Å². The Morgan fingerprint density at radius 1 is 1.33 bits per heavy atom. The zero-order valence-electron chi connectivity index (χ0n) is 10.1. The van der Waals surface area contributed by atoms with E-state index in [0.717, 1.165) is 36.2 Å². The molecule has 0 bridgehead atoms. The van der Waals surface area contributed by atoms with Crippen LogP contribution in [0.1, 0.15) is 18.0 Å². The molecule has 2 rings (SSSR count). The van der Waals surface area contributed by atoms with Gasteiger partial charge in [0.2, 0.25) is 0 Å². The van der Waals surface area contributed by atoms with E-state index in [9.17, 15) is 8.78 Å². The fourth-order valence-electron chi connectivity index (χ4n) is 2.40. The minimum Gasteiger partial charge on any atom is -0.314 e. The van der Waals surface area contributed by atoms with Gasteiger partial charge in [0.05, 0.1) is 6.67 Å². The second-order valence-corrected chi connectivity index (χ2v) is 5.30. The van der Waals surface area contributed by atoms with Crippen LogP contribution in [0.5, 0.6) is 0 Å². The minimum absolute atomic E-state index is 0.0204. The molecule has 1 aliphatic rings. The van der Waals surface area contributed by atoms with Gasteiger partial charge in [0.1, 0.15) is 5.82 Å². The second-order valence-electron chi connectivity index (χ2n) is 4.45. The molecule has 1 heterocycles. The fourth-order valence-corrected chi connectivity index (χ4v) is 3.02. The van der Waals surface area contributed by atoms with Crippen LogP contribution in [0.4, 0.5) is 8.78 Å². The average molecular weight is 319 g/mol. The van der Waals surface area contributed by atoms with Crippen LogP contribution in [0.15, 0.2) is 22.7 Å². The number of piperazine rings is 1. The normalized spacial score (nSPS) is 18.8. The third kappa shape index (κ3) is 3.28. The van der Waals surface area contributed by atoms with E-state index in [1.165, 1.54) is 12.1 Å². The van der Waals surface area contributed by atoms with E-state index >= 15 is 0 Å². The van der Waals surface area contributed by atoms with Crippen molar-refractivity contribution in [3.05, 3.63) is 34.1 Å². The Kier molecular flexibility index (Phi) is 5.09. The maximum absolute atomic E-state index is 13.1. The molecule has 0 unspecified atom stereocenters. The van der Waals surface area contributed by atoms with Gasteiger partial charge in [0.25, 0.3) is 0 Å². The molecule has 0 spiro atoms. The maximum atomic E-state index is 13.1. The lowest BCUT2D eigenvalue weighted by atomic mass is 10.0. The van der Waals surface area contributed by atoms with E-state index in [4.69, 9.17) is 0 Å². The molecule has 0 aromatic heterocycles. The molecule has 100 valence electrons. The first-order valence-electron chi connectivity index (χ1n) is 6.18. The Labute approximate surface area is 114 Å². The lowest BCUT2D eigenvalue weighted by Crippen LogP contribution is -2.45. The first kappa shape index (κ1) is 13.9. The summed E-state index contributed by atoms with van der Waals surface area (Å²) in [6.07, 6.45) is 0.449. The smallest absolute Gasteiger partial charge is 0.124 e. The molecule has 1 aromatic rings. The lowest BCUT2D eigenvalue weighted by molar-refractivity contribution is 0.157. The summed E-state index contributed by atoms with van der Waals surface area (Å²) in [7, 11) is 0. The molecular formula is C13H17BrF2N2. The molecule has 5 heteroatoms. The quantitative estimate of drug-likeness (QED) is 0.918. The molecule has 1 saturated heterocycles. The summed E-state index contributed by atoms with van der Waals surface area (Å²) in [5.74, 6) is -0.273. The van der Waals surface area contributed by atoms with Gasteiger partial charge in [-0.1, -0.05) is 22.0 Å². The maximum Gasteiger partial charge on any atom is 0.124 e. The number of benzene rings is 1. The van der Waals surface area contributed by atoms with Crippen LogP contribution >= 0.6 is 15.9 Å². The number of hydrogen-bond donors (Lipinski definition) is 1. The van der Waals surface area contributed by atoms with Crippen LogP contribution in [-0.4, -0.2) is 37.8 Å². The molecule has 1 fully saturated rings. The molecular weight excluding hydrogens is 302 g/mol. The van der Waals surface area contributed by atoms with Gasteiger partial charge >= 0.3 is 0 Å². The number of alkyl halides is 1. The van der Waals surface area contributed by atoms with Crippen molar-refractivity contribution < 1.29 is 8.78 Å². The monoisotopic (exact) mass is 318 g/mol. The molecule has 18 heavy (non-hydrogen) atoms. The summed E-state index contributed by atoms with van der Waals surface area (Å²) in [4.78, 5) is 2.26. The Morgan fingerprint density at radius 2 is 2.06 bits per heavy atom. The topological polar surface area (TPSA) is 15.3 Å². The zero-order valence-corrected chi connectivity index (χ0v) is 11.7. The van der Waals surface area contributed by atoms with E-state index < -0.39 is 0 Å². The van der Waals surface area contributed by atoms with Crippen molar-refractivity contribution >= 4 is 15.9 Å². The Hall–Kier alpha value is -0.520. The molecule has 1 N–H and O–H groups in total. The van der Waals surface area contributed by atoms with Gasteiger partial charge in [-0.05, 0) is 24.1 Å². The van der Waals surface area contributed by atoms with Crippen LogP contribution in [0.3, 0.4) is 0 Å². The largest absolute Gasteiger partial charge is 0.314 e. The Bertz CT molecular complexity index is 395. The third-order valence-electron chi connectivity index (χ3n) is 3.30. The van der Waals surface area contributed by atoms with Crippen molar-refractivity contribution in [2.24, 2.45) is 0 Å². The first-order chi connectivity index (χ1) is 8.72. The zero-order chi connectivity index (χ0) is 13.0. The summed E-state index contributed by atoms with van der Waals surface area (Å²) in [6, 6.07) is 4.66. The number of rotatable bonds is 4. The van der Waals surface area contributed by atoms with Crippen LogP contribution < -0.4 is 5.32 Å². The van der Waals surface area contributed by atoms with Crippen molar-refractivity contribution in [1.29, 1.82) is 0 Å². The van der Waals surface area contributed by atoms with Gasteiger partial charge < -0.3 is 5.32 Å². The standard InChI is InChI=1S/C13H17BrF2N2/c14-12-9-10(16)1-2-11(12)13(3-4-15)18-7-5-17-6-8-18/h1-2,9,13,17H,3-8H2/t13-/m0/s1. The molecule has 0 saturated carbocycles. The van der Waals surface area contributed by atoms with E-state index in [1.54, 1.807) is 6.07 Å². The first-order valence-corrected chi connectivity index (χ1v) is 6.97. The highest BCUT2D eigenvalue weighted by atomic mass is 79.9. The number of hydrogen-bond acceptors (Lipinski definition) is 2. The summed E-state index contributed by atoms with van der Waals surface area (Å²) < 4.78 is 26.6. The number of nitrogens with one attached hydrogen (secondary N) is 1. The van der Waals surface area contributed by atoms with Crippen molar-refractivity contribution in [2.45, 2.75) is 12.5 Å². The Balaban J connectivity index is 2.22. The van der Waals surface area contributed by atoms with Gasteiger partial charge in [0, 0.05) is 36.7 Å². The molecule has 0 radical (unpaired) electrons. The van der Waals surface area contributed by atoms with Crippen LogP contribution in [0.2, 0.25) is 0 Å². The van der Waals surface area contributed by atoms with Gasteiger partial charge in [-0.15, -0.1) is 0 Å². The van der Waals surface area contributed by atoms with E-state index in [-0.39, 0.29) is 18.5 Å². The van der Waals surface area contributed by atoms with Crippen molar-refractivity contribution in [2.75, 3.05) is 32.9 Å². The van der Waals surface area contributed by atoms with Crippen molar-refractivity contribution in [3.63, 3.8) is 0 Å². The fraction of sp³-hybridized carbons (Fsp3) is 0.538. The summed E-state index contributed by atoms with van der Waals surface area (Å²) >= 11 is 3.38.